The SMILES string of the molecule is COc1ccc(C)cc1NC(=O)N[C@H](C(=O)N1CCc2ccccc21)C(C)C. The second kappa shape index (κ2) is 8.33. The highest BCUT2D eigenvalue weighted by atomic mass is 16.5. The molecule has 0 radical (unpaired) electrons. The Balaban J connectivity index is 1.74. The van der Waals surface area contributed by atoms with Gasteiger partial charge in [0.15, 0.2) is 0 Å². The van der Waals surface area contributed by atoms with Gasteiger partial charge in [-0.2, -0.15) is 0 Å². The first-order chi connectivity index (χ1) is 13.4. The number of methoxy groups -OCH3 is 1. The van der Waals surface area contributed by atoms with Crippen LogP contribution in [0.15, 0.2) is 42.5 Å². The number of para-hydroxylation sites is 1. The van der Waals surface area contributed by atoms with Gasteiger partial charge < -0.3 is 20.3 Å². The van der Waals surface area contributed by atoms with Crippen LogP contribution >= 0.6 is 0 Å². The summed E-state index contributed by atoms with van der Waals surface area (Å²) >= 11 is 0. The fourth-order valence-corrected chi connectivity index (χ4v) is 3.47. The topological polar surface area (TPSA) is 70.7 Å². The van der Waals surface area contributed by atoms with Crippen LogP contribution in [-0.4, -0.2) is 31.6 Å². The Hall–Kier alpha value is -3.02. The third kappa shape index (κ3) is 4.11. The standard InChI is InChI=1S/C22H27N3O3/c1-14(2)20(21(26)25-12-11-16-7-5-6-8-18(16)25)24-22(27)23-17-13-15(3)9-10-19(17)28-4/h5-10,13-14,20H,11-12H2,1-4H3,(H2,23,24,27)/t20-/m0/s1. The average Bonchev–Trinajstić information content (AvgIpc) is 3.10. The molecule has 6 nitrogen and oxygen atoms in total. The van der Waals surface area contributed by atoms with Crippen molar-refractivity contribution >= 4 is 23.3 Å². The molecule has 0 bridgehead atoms. The maximum atomic E-state index is 13.2. The fraction of sp³-hybridized carbons (Fsp3) is 0.364. The first kappa shape index (κ1) is 19.7. The van der Waals surface area contributed by atoms with Gasteiger partial charge in [0.05, 0.1) is 12.8 Å². The van der Waals surface area contributed by atoms with Gasteiger partial charge in [0.25, 0.3) is 0 Å². The molecule has 0 spiro atoms. The van der Waals surface area contributed by atoms with Crippen molar-refractivity contribution in [2.24, 2.45) is 5.92 Å². The number of hydrogen-bond acceptors (Lipinski definition) is 3. The summed E-state index contributed by atoms with van der Waals surface area (Å²) in [4.78, 5) is 27.6. The highest BCUT2D eigenvalue weighted by Crippen LogP contribution is 2.29. The number of carbonyl (C=O) groups excluding carboxylic acids is 2. The van der Waals surface area contributed by atoms with Gasteiger partial charge in [-0.05, 0) is 48.6 Å². The summed E-state index contributed by atoms with van der Waals surface area (Å²) in [6.07, 6.45) is 0.833. The number of ether oxygens (including phenoxy) is 1. The number of urea groups is 1. The van der Waals surface area contributed by atoms with E-state index in [1.807, 2.05) is 57.2 Å². The molecule has 0 saturated heterocycles. The summed E-state index contributed by atoms with van der Waals surface area (Å²) in [7, 11) is 1.55. The van der Waals surface area contributed by atoms with Gasteiger partial charge in [-0.3, -0.25) is 4.79 Å². The highest BCUT2D eigenvalue weighted by Gasteiger charge is 2.32. The Kier molecular flexibility index (Phi) is 5.87. The molecular formula is C22H27N3O3. The number of nitrogens with one attached hydrogen (secondary N) is 2. The second-order valence-electron chi connectivity index (χ2n) is 7.39. The molecule has 2 aromatic rings. The van der Waals surface area contributed by atoms with Gasteiger partial charge in [0.2, 0.25) is 5.91 Å². The van der Waals surface area contributed by atoms with Gasteiger partial charge in [0, 0.05) is 12.2 Å². The van der Waals surface area contributed by atoms with Gasteiger partial charge in [-0.25, -0.2) is 4.79 Å². The lowest BCUT2D eigenvalue weighted by Crippen LogP contribution is -2.52. The number of benzene rings is 2. The Morgan fingerprint density at radius 1 is 1.14 bits per heavy atom. The number of anilines is 2. The number of hydrogen-bond donors (Lipinski definition) is 2. The first-order valence-corrected chi connectivity index (χ1v) is 9.52. The lowest BCUT2D eigenvalue weighted by molar-refractivity contribution is -0.121. The molecule has 148 valence electrons. The third-order valence-corrected chi connectivity index (χ3v) is 4.98. The van der Waals surface area contributed by atoms with E-state index in [0.717, 1.165) is 23.2 Å². The lowest BCUT2D eigenvalue weighted by atomic mass is 10.0. The molecule has 28 heavy (non-hydrogen) atoms. The van der Waals surface area contributed by atoms with Crippen molar-refractivity contribution in [2.45, 2.75) is 33.2 Å². The highest BCUT2D eigenvalue weighted by molar-refractivity contribution is 6.02. The minimum atomic E-state index is -0.623. The van der Waals surface area contributed by atoms with Crippen molar-refractivity contribution < 1.29 is 14.3 Å². The van der Waals surface area contributed by atoms with Gasteiger partial charge in [-0.15, -0.1) is 0 Å². The molecule has 0 aromatic heterocycles. The van der Waals surface area contributed by atoms with Crippen molar-refractivity contribution in [3.8, 4) is 5.75 Å². The van der Waals surface area contributed by atoms with Gasteiger partial charge in [0.1, 0.15) is 11.8 Å². The van der Waals surface area contributed by atoms with E-state index >= 15 is 0 Å². The molecule has 3 rings (SSSR count). The Bertz CT molecular complexity index is 879. The fourth-order valence-electron chi connectivity index (χ4n) is 3.47. The smallest absolute Gasteiger partial charge is 0.320 e. The van der Waals surface area contributed by atoms with E-state index in [-0.39, 0.29) is 11.8 Å². The molecular weight excluding hydrogens is 354 g/mol. The predicted octanol–water partition coefficient (Wildman–Crippen LogP) is 3.74. The largest absolute Gasteiger partial charge is 0.495 e. The Morgan fingerprint density at radius 3 is 2.61 bits per heavy atom. The number of nitrogens with zero attached hydrogens (tertiary/aromatic N) is 1. The van der Waals surface area contributed by atoms with E-state index in [1.165, 1.54) is 0 Å². The predicted molar refractivity (Wildman–Crippen MR) is 111 cm³/mol. The number of rotatable bonds is 5. The van der Waals surface area contributed by atoms with Crippen LogP contribution in [0.2, 0.25) is 0 Å². The van der Waals surface area contributed by atoms with Crippen molar-refractivity contribution in [2.75, 3.05) is 23.9 Å². The van der Waals surface area contributed by atoms with Crippen LogP contribution < -0.4 is 20.3 Å². The van der Waals surface area contributed by atoms with Crippen molar-refractivity contribution in [1.82, 2.24) is 5.32 Å². The van der Waals surface area contributed by atoms with Crippen LogP contribution in [-0.2, 0) is 11.2 Å². The summed E-state index contributed by atoms with van der Waals surface area (Å²) in [5.74, 6) is 0.429. The Morgan fingerprint density at radius 2 is 1.89 bits per heavy atom. The Labute approximate surface area is 165 Å². The van der Waals surface area contributed by atoms with E-state index in [2.05, 4.69) is 10.6 Å². The summed E-state index contributed by atoms with van der Waals surface area (Å²) in [6.45, 7) is 6.43. The van der Waals surface area contributed by atoms with Gasteiger partial charge >= 0.3 is 6.03 Å². The summed E-state index contributed by atoms with van der Waals surface area (Å²) in [5.41, 5.74) is 3.66. The quantitative estimate of drug-likeness (QED) is 0.829. The minimum absolute atomic E-state index is 0.0505. The zero-order valence-corrected chi connectivity index (χ0v) is 16.8. The maximum Gasteiger partial charge on any atom is 0.320 e. The second-order valence-corrected chi connectivity index (χ2v) is 7.39. The van der Waals surface area contributed by atoms with Crippen molar-refractivity contribution in [3.63, 3.8) is 0 Å². The van der Waals surface area contributed by atoms with E-state index in [9.17, 15) is 9.59 Å². The first-order valence-electron chi connectivity index (χ1n) is 9.52. The van der Waals surface area contributed by atoms with Crippen LogP contribution in [0.1, 0.15) is 25.0 Å². The molecule has 3 amide bonds. The molecule has 0 aliphatic carbocycles. The number of carbonyl (C=O) groups is 2. The van der Waals surface area contributed by atoms with Crippen LogP contribution in [0, 0.1) is 12.8 Å². The molecule has 6 heteroatoms. The zero-order chi connectivity index (χ0) is 20.3. The third-order valence-electron chi connectivity index (χ3n) is 4.98. The normalized spacial score (nSPS) is 13.8. The summed E-state index contributed by atoms with van der Waals surface area (Å²) in [6, 6.07) is 12.4. The van der Waals surface area contributed by atoms with E-state index in [1.54, 1.807) is 18.1 Å². The van der Waals surface area contributed by atoms with Crippen LogP contribution in [0.3, 0.4) is 0 Å². The minimum Gasteiger partial charge on any atom is -0.495 e. The van der Waals surface area contributed by atoms with Crippen molar-refractivity contribution in [3.05, 3.63) is 53.6 Å². The average molecular weight is 381 g/mol. The van der Waals surface area contributed by atoms with E-state index in [0.29, 0.717) is 18.0 Å². The maximum absolute atomic E-state index is 13.2. The molecule has 1 aliphatic heterocycles. The summed E-state index contributed by atoms with van der Waals surface area (Å²) < 4.78 is 5.30. The molecule has 1 aliphatic rings. The lowest BCUT2D eigenvalue weighted by Gasteiger charge is -2.27. The monoisotopic (exact) mass is 381 g/mol. The number of amides is 3. The molecule has 0 unspecified atom stereocenters. The molecule has 0 fully saturated rings. The van der Waals surface area contributed by atoms with E-state index in [4.69, 9.17) is 4.74 Å². The van der Waals surface area contributed by atoms with Crippen molar-refractivity contribution in [1.29, 1.82) is 0 Å². The molecule has 1 heterocycles. The van der Waals surface area contributed by atoms with Crippen LogP contribution in [0.5, 0.6) is 5.75 Å². The molecule has 0 saturated carbocycles. The van der Waals surface area contributed by atoms with Gasteiger partial charge in [-0.1, -0.05) is 38.1 Å². The molecule has 2 N–H and O–H groups in total. The van der Waals surface area contributed by atoms with E-state index < -0.39 is 12.1 Å². The van der Waals surface area contributed by atoms with Crippen LogP contribution in [0.25, 0.3) is 0 Å². The molecule has 2 aromatic carbocycles. The van der Waals surface area contributed by atoms with Crippen LogP contribution in [0.4, 0.5) is 16.2 Å². The summed E-state index contributed by atoms with van der Waals surface area (Å²) in [5, 5.41) is 5.65. The number of fused-ring (bicyclic) bond motifs is 1. The molecule has 1 atom stereocenters. The number of aryl methyl sites for hydroxylation is 1. The zero-order valence-electron chi connectivity index (χ0n) is 16.8.